The molecule has 0 aliphatic heterocycles. The molecule has 0 bridgehead atoms. The molecule has 0 amide bonds. The fourth-order valence-corrected chi connectivity index (χ4v) is 2.22. The van der Waals surface area contributed by atoms with Gasteiger partial charge in [0.05, 0.1) is 12.4 Å². The van der Waals surface area contributed by atoms with Crippen molar-refractivity contribution in [1.29, 1.82) is 0 Å². The summed E-state index contributed by atoms with van der Waals surface area (Å²) in [5.74, 6) is 0.890. The van der Waals surface area contributed by atoms with Crippen molar-refractivity contribution in [1.82, 2.24) is 20.2 Å². The first-order valence-corrected chi connectivity index (χ1v) is 8.06. The summed E-state index contributed by atoms with van der Waals surface area (Å²) in [4.78, 5) is 8.37. The number of nitrogens with one attached hydrogen (secondary N) is 2. The molecule has 8 nitrogen and oxygen atoms in total. The van der Waals surface area contributed by atoms with Crippen LogP contribution in [0.25, 0.3) is 0 Å². The van der Waals surface area contributed by atoms with Gasteiger partial charge in [0.25, 0.3) is 0 Å². The standard InChI is InChI=1S/C15H22F2N6O2/c1-2-4-10(5-3-6-18)24-14-9-19-8-12(21-14)20-11-7-13(23-22-11)25-15(16)17/h7-10,15H,2-6,18H2,1H3,(H2,20,21,22,23). The van der Waals surface area contributed by atoms with Crippen LogP contribution >= 0.6 is 0 Å². The van der Waals surface area contributed by atoms with Crippen LogP contribution in [-0.2, 0) is 0 Å². The number of ether oxygens (including phenoxy) is 2. The van der Waals surface area contributed by atoms with Gasteiger partial charge in [-0.2, -0.15) is 13.8 Å². The molecule has 138 valence electrons. The van der Waals surface area contributed by atoms with Gasteiger partial charge in [-0.3, -0.25) is 10.1 Å². The molecule has 0 spiro atoms. The lowest BCUT2D eigenvalue weighted by Crippen LogP contribution is -2.18. The molecule has 2 aromatic rings. The fourth-order valence-electron chi connectivity index (χ4n) is 2.22. The molecule has 0 saturated carbocycles. The largest absolute Gasteiger partial charge is 0.473 e. The monoisotopic (exact) mass is 356 g/mol. The zero-order valence-corrected chi connectivity index (χ0v) is 13.9. The van der Waals surface area contributed by atoms with Crippen LogP contribution in [0.15, 0.2) is 18.5 Å². The zero-order chi connectivity index (χ0) is 18.1. The van der Waals surface area contributed by atoms with Crippen LogP contribution in [0.2, 0.25) is 0 Å². The summed E-state index contributed by atoms with van der Waals surface area (Å²) in [7, 11) is 0. The predicted molar refractivity (Wildman–Crippen MR) is 88.1 cm³/mol. The molecular weight excluding hydrogens is 334 g/mol. The second-order valence-corrected chi connectivity index (χ2v) is 5.33. The van der Waals surface area contributed by atoms with Crippen molar-refractivity contribution in [2.24, 2.45) is 5.73 Å². The van der Waals surface area contributed by atoms with Crippen molar-refractivity contribution in [3.63, 3.8) is 0 Å². The van der Waals surface area contributed by atoms with Crippen molar-refractivity contribution >= 4 is 11.6 Å². The van der Waals surface area contributed by atoms with E-state index in [1.807, 2.05) is 0 Å². The van der Waals surface area contributed by atoms with E-state index in [9.17, 15) is 8.78 Å². The third-order valence-electron chi connectivity index (χ3n) is 3.27. The highest BCUT2D eigenvalue weighted by molar-refractivity contribution is 5.51. The number of hydrogen-bond donors (Lipinski definition) is 3. The number of halogens is 2. The highest BCUT2D eigenvalue weighted by Gasteiger charge is 2.12. The first kappa shape index (κ1) is 18.8. The molecule has 10 heteroatoms. The number of alkyl halides is 2. The Bertz CT molecular complexity index is 640. The van der Waals surface area contributed by atoms with E-state index in [-0.39, 0.29) is 12.0 Å². The fraction of sp³-hybridized carbons (Fsp3) is 0.533. The Morgan fingerprint density at radius 3 is 2.80 bits per heavy atom. The Labute approximate surface area is 144 Å². The molecule has 0 radical (unpaired) electrons. The number of nitrogens with zero attached hydrogens (tertiary/aromatic N) is 3. The molecule has 0 saturated heterocycles. The van der Waals surface area contributed by atoms with E-state index in [4.69, 9.17) is 10.5 Å². The van der Waals surface area contributed by atoms with Crippen molar-refractivity contribution < 1.29 is 18.3 Å². The van der Waals surface area contributed by atoms with Crippen LogP contribution in [0.4, 0.5) is 20.4 Å². The number of H-pyrrole nitrogens is 1. The molecule has 2 heterocycles. The van der Waals surface area contributed by atoms with Crippen LogP contribution in [0.3, 0.4) is 0 Å². The number of nitrogens with two attached hydrogens (primary N) is 1. The van der Waals surface area contributed by atoms with Crippen LogP contribution in [0.5, 0.6) is 11.8 Å². The second kappa shape index (κ2) is 9.72. The van der Waals surface area contributed by atoms with Gasteiger partial charge in [0, 0.05) is 6.07 Å². The van der Waals surface area contributed by atoms with Crippen LogP contribution in [0.1, 0.15) is 32.6 Å². The maximum Gasteiger partial charge on any atom is 0.388 e. The molecule has 4 N–H and O–H groups in total. The van der Waals surface area contributed by atoms with Gasteiger partial charge in [-0.25, -0.2) is 0 Å². The lowest BCUT2D eigenvalue weighted by Gasteiger charge is -2.17. The molecule has 2 aromatic heterocycles. The second-order valence-electron chi connectivity index (χ2n) is 5.33. The van der Waals surface area contributed by atoms with Gasteiger partial charge in [0.2, 0.25) is 11.8 Å². The third kappa shape index (κ3) is 6.49. The van der Waals surface area contributed by atoms with Crippen molar-refractivity contribution in [2.75, 3.05) is 11.9 Å². The van der Waals surface area contributed by atoms with Crippen molar-refractivity contribution in [3.8, 4) is 11.8 Å². The Morgan fingerprint density at radius 1 is 1.24 bits per heavy atom. The molecule has 1 unspecified atom stereocenters. The van der Waals surface area contributed by atoms with Crippen LogP contribution < -0.4 is 20.5 Å². The van der Waals surface area contributed by atoms with E-state index in [0.717, 1.165) is 25.7 Å². The smallest absolute Gasteiger partial charge is 0.388 e. The van der Waals surface area contributed by atoms with Crippen LogP contribution in [-0.4, -0.2) is 39.4 Å². The maximum atomic E-state index is 12.1. The summed E-state index contributed by atoms with van der Waals surface area (Å²) in [6.45, 7) is -0.240. The molecular formula is C15H22F2N6O2. The Hall–Kier alpha value is -2.49. The third-order valence-corrected chi connectivity index (χ3v) is 3.27. The maximum absolute atomic E-state index is 12.1. The van der Waals surface area contributed by atoms with E-state index >= 15 is 0 Å². The Morgan fingerprint density at radius 2 is 2.08 bits per heavy atom. The molecule has 1 atom stereocenters. The van der Waals surface area contributed by atoms with Crippen molar-refractivity contribution in [3.05, 3.63) is 18.5 Å². The van der Waals surface area contributed by atoms with Gasteiger partial charge in [0.15, 0.2) is 5.82 Å². The Balaban J connectivity index is 1.98. The topological polar surface area (TPSA) is 111 Å². The number of aromatic amines is 1. The average Bonchev–Trinajstić information content (AvgIpc) is 2.99. The van der Waals surface area contributed by atoms with Gasteiger partial charge in [-0.05, 0) is 25.8 Å². The average molecular weight is 356 g/mol. The zero-order valence-electron chi connectivity index (χ0n) is 13.9. The van der Waals surface area contributed by atoms with Gasteiger partial charge in [-0.15, -0.1) is 5.10 Å². The number of hydrogen-bond acceptors (Lipinski definition) is 7. The summed E-state index contributed by atoms with van der Waals surface area (Å²) in [6.07, 6.45) is 6.63. The number of anilines is 2. The summed E-state index contributed by atoms with van der Waals surface area (Å²) < 4.78 is 34.3. The first-order valence-electron chi connectivity index (χ1n) is 8.06. The lowest BCUT2D eigenvalue weighted by molar-refractivity contribution is -0.0528. The minimum absolute atomic E-state index is 0.0244. The molecule has 0 aliphatic carbocycles. The van der Waals surface area contributed by atoms with Gasteiger partial charge < -0.3 is 20.5 Å². The minimum atomic E-state index is -2.93. The van der Waals surface area contributed by atoms with E-state index < -0.39 is 6.61 Å². The molecule has 0 aliphatic rings. The molecule has 2 rings (SSSR count). The first-order chi connectivity index (χ1) is 12.1. The highest BCUT2D eigenvalue weighted by Crippen LogP contribution is 2.20. The SMILES string of the molecule is CCCC(CCCN)Oc1cncc(Nc2cc(OC(F)F)n[nH]2)n1. The summed E-state index contributed by atoms with van der Waals surface area (Å²) >= 11 is 0. The van der Waals surface area contributed by atoms with Gasteiger partial charge in [0.1, 0.15) is 11.9 Å². The quantitative estimate of drug-likeness (QED) is 0.568. The highest BCUT2D eigenvalue weighted by atomic mass is 19.3. The normalized spacial score (nSPS) is 12.2. The molecule has 0 aromatic carbocycles. The van der Waals surface area contributed by atoms with Crippen molar-refractivity contribution in [2.45, 2.75) is 45.3 Å². The number of aromatic nitrogens is 4. The number of rotatable bonds is 11. The van der Waals surface area contributed by atoms with E-state index in [0.29, 0.717) is 24.1 Å². The summed E-state index contributed by atoms with van der Waals surface area (Å²) in [6, 6.07) is 1.29. The lowest BCUT2D eigenvalue weighted by atomic mass is 10.1. The van der Waals surface area contributed by atoms with Gasteiger partial charge >= 0.3 is 6.61 Å². The summed E-state index contributed by atoms with van der Waals surface area (Å²) in [5, 5.41) is 9.00. The predicted octanol–water partition coefficient (Wildman–Crippen LogP) is 2.83. The molecule has 0 fully saturated rings. The van der Waals surface area contributed by atoms with E-state index in [1.54, 1.807) is 0 Å². The van der Waals surface area contributed by atoms with Crippen LogP contribution in [0, 0.1) is 0 Å². The Kier molecular flexibility index (Phi) is 7.33. The van der Waals surface area contributed by atoms with E-state index in [1.165, 1.54) is 18.5 Å². The minimum Gasteiger partial charge on any atom is -0.473 e. The van der Waals surface area contributed by atoms with E-state index in [2.05, 4.69) is 37.1 Å². The molecule has 25 heavy (non-hydrogen) atoms. The van der Waals surface area contributed by atoms with Gasteiger partial charge in [-0.1, -0.05) is 13.3 Å². The summed E-state index contributed by atoms with van der Waals surface area (Å²) in [5.41, 5.74) is 5.55.